The number of carbonyl (C=O) groups excluding carboxylic acids is 1. The zero-order valence-electron chi connectivity index (χ0n) is 13.9. The van der Waals surface area contributed by atoms with Gasteiger partial charge in [0.05, 0.1) is 6.61 Å². The third-order valence-electron chi connectivity index (χ3n) is 3.27. The predicted molar refractivity (Wildman–Crippen MR) is 101 cm³/mol. The Hall–Kier alpha value is -2.66. The Labute approximate surface area is 160 Å². The van der Waals surface area contributed by atoms with Gasteiger partial charge in [0.15, 0.2) is 0 Å². The summed E-state index contributed by atoms with van der Waals surface area (Å²) >= 11 is 12.2. The van der Waals surface area contributed by atoms with E-state index in [1.54, 1.807) is 49.4 Å². The van der Waals surface area contributed by atoms with E-state index in [0.29, 0.717) is 26.9 Å². The highest BCUT2D eigenvalue weighted by Crippen LogP contribution is 2.26. The third kappa shape index (κ3) is 5.43. The zero-order chi connectivity index (χ0) is 18.9. The van der Waals surface area contributed by atoms with Crippen LogP contribution in [0, 0.1) is 0 Å². The lowest BCUT2D eigenvalue weighted by Crippen LogP contribution is -2.05. The first-order chi connectivity index (χ1) is 12.5. The van der Waals surface area contributed by atoms with Crippen LogP contribution >= 0.6 is 23.2 Å². The highest BCUT2D eigenvalue weighted by atomic mass is 35.5. The molecule has 0 unspecified atom stereocenters. The molecule has 2 aromatic carbocycles. The van der Waals surface area contributed by atoms with E-state index >= 15 is 0 Å². The Balaban J connectivity index is 2.11. The monoisotopic (exact) mass is 391 g/mol. The van der Waals surface area contributed by atoms with Gasteiger partial charge in [0, 0.05) is 20.5 Å². The van der Waals surface area contributed by atoms with Crippen LogP contribution in [0.15, 0.2) is 53.3 Å². The molecule has 26 heavy (non-hydrogen) atoms. The Bertz CT molecular complexity index is 840. The molecule has 0 saturated carbocycles. The molecule has 0 saturated heterocycles. The molecule has 0 aliphatic carbocycles. The normalized spacial score (nSPS) is 10.8. The van der Waals surface area contributed by atoms with Crippen molar-refractivity contribution in [3.63, 3.8) is 0 Å². The van der Waals surface area contributed by atoms with Gasteiger partial charge in [-0.1, -0.05) is 46.5 Å². The maximum absolute atomic E-state index is 11.7. The zero-order valence-corrected chi connectivity index (χ0v) is 15.4. The number of rotatable bonds is 7. The molecule has 0 atom stereocenters. The molecule has 0 spiro atoms. The largest absolute Gasteiger partial charge is 0.489 e. The summed E-state index contributed by atoms with van der Waals surface area (Å²) in [7, 11) is 0. The first kappa shape index (κ1) is 19.7. The lowest BCUT2D eigenvalue weighted by Gasteiger charge is -2.09. The number of halogens is 2. The van der Waals surface area contributed by atoms with Crippen molar-refractivity contribution in [3.8, 4) is 5.75 Å². The number of hydrogen-bond donors (Lipinski definition) is 0. The van der Waals surface area contributed by atoms with Crippen molar-refractivity contribution in [3.05, 3.63) is 79.8 Å². The smallest absolute Gasteiger partial charge is 0.340 e. The van der Waals surface area contributed by atoms with Crippen molar-refractivity contribution in [1.29, 1.82) is 0 Å². The molecule has 0 aliphatic heterocycles. The number of nitrogens with zero attached hydrogens (tertiary/aromatic N) is 3. The highest BCUT2D eigenvalue weighted by molar-refractivity contribution is 6.35. The molecule has 0 aromatic heterocycles. The van der Waals surface area contributed by atoms with Crippen LogP contribution in [-0.4, -0.2) is 12.6 Å². The van der Waals surface area contributed by atoms with Crippen LogP contribution in [0.5, 0.6) is 5.75 Å². The van der Waals surface area contributed by atoms with Crippen LogP contribution in [0.1, 0.15) is 18.1 Å². The number of azide groups is 1. The number of carbonyl (C=O) groups is 1. The predicted octanol–water partition coefficient (Wildman–Crippen LogP) is 5.79. The van der Waals surface area contributed by atoms with E-state index in [2.05, 4.69) is 10.0 Å². The highest BCUT2D eigenvalue weighted by Gasteiger charge is 2.09. The van der Waals surface area contributed by atoms with Gasteiger partial charge in [-0.15, -0.1) is 0 Å². The van der Waals surface area contributed by atoms with Gasteiger partial charge < -0.3 is 9.47 Å². The van der Waals surface area contributed by atoms with Gasteiger partial charge in [0.2, 0.25) is 0 Å². The third-order valence-corrected chi connectivity index (χ3v) is 3.97. The van der Waals surface area contributed by atoms with Crippen LogP contribution in [0.4, 0.5) is 0 Å². The molecule has 0 bridgehead atoms. The molecule has 0 radical (unpaired) electrons. The average molecular weight is 392 g/mol. The van der Waals surface area contributed by atoms with Crippen LogP contribution in [-0.2, 0) is 16.1 Å². The summed E-state index contributed by atoms with van der Waals surface area (Å²) in [5, 5.41) is 4.43. The summed E-state index contributed by atoms with van der Waals surface area (Å²) in [6.45, 7) is 2.08. The summed E-state index contributed by atoms with van der Waals surface area (Å²) < 4.78 is 10.5. The van der Waals surface area contributed by atoms with E-state index in [4.69, 9.17) is 38.2 Å². The van der Waals surface area contributed by atoms with Crippen molar-refractivity contribution in [2.75, 3.05) is 6.61 Å². The van der Waals surface area contributed by atoms with Gasteiger partial charge in [-0.25, -0.2) is 4.79 Å². The summed E-state index contributed by atoms with van der Waals surface area (Å²) in [6, 6.07) is 12.1. The number of benzene rings is 2. The molecule has 0 aliphatic rings. The fourth-order valence-electron chi connectivity index (χ4n) is 2.03. The van der Waals surface area contributed by atoms with Gasteiger partial charge >= 0.3 is 5.97 Å². The number of ether oxygens (including phenoxy) is 2. The molecular formula is C18H15Cl2N3O3. The van der Waals surface area contributed by atoms with Crippen LogP contribution in [0.3, 0.4) is 0 Å². The minimum atomic E-state index is -0.681. The van der Waals surface area contributed by atoms with Gasteiger partial charge in [0.25, 0.3) is 0 Å². The first-order valence-corrected chi connectivity index (χ1v) is 8.40. The van der Waals surface area contributed by atoms with Crippen molar-refractivity contribution in [2.45, 2.75) is 13.5 Å². The second-order valence-electron chi connectivity index (χ2n) is 5.00. The average Bonchev–Trinajstić information content (AvgIpc) is 2.62. The molecule has 2 rings (SSSR count). The summed E-state index contributed by atoms with van der Waals surface area (Å²) in [6.07, 6.45) is 1.44. The van der Waals surface area contributed by atoms with Gasteiger partial charge in [-0.05, 0) is 48.4 Å². The fourth-order valence-corrected chi connectivity index (χ4v) is 2.53. The van der Waals surface area contributed by atoms with E-state index < -0.39 is 5.97 Å². The summed E-state index contributed by atoms with van der Waals surface area (Å²) in [4.78, 5) is 14.4. The lowest BCUT2D eigenvalue weighted by molar-refractivity contribution is -0.138. The topological polar surface area (TPSA) is 84.3 Å². The van der Waals surface area contributed by atoms with E-state index in [1.165, 1.54) is 6.08 Å². The standard InChI is InChI=1S/C18H15Cl2N3O3/c1-2-25-18(24)17(22-23-21)10-12-6-8-13(9-7-12)26-11-14-15(19)4-3-5-16(14)20/h3-10H,2,11H2,1H3/b17-10-. The van der Waals surface area contributed by atoms with E-state index in [-0.39, 0.29) is 18.9 Å². The quantitative estimate of drug-likeness (QED) is 0.197. The minimum absolute atomic E-state index is 0.120. The Morgan fingerprint density at radius 2 is 1.85 bits per heavy atom. The molecule has 6 nitrogen and oxygen atoms in total. The molecule has 0 amide bonds. The first-order valence-electron chi connectivity index (χ1n) is 7.64. The lowest BCUT2D eigenvalue weighted by atomic mass is 10.2. The van der Waals surface area contributed by atoms with Crippen LogP contribution < -0.4 is 4.74 Å². The molecule has 134 valence electrons. The Morgan fingerprint density at radius 1 is 1.19 bits per heavy atom. The van der Waals surface area contributed by atoms with Gasteiger partial charge in [-0.3, -0.25) is 0 Å². The summed E-state index contributed by atoms with van der Waals surface area (Å²) in [5.41, 5.74) is 9.81. The maximum atomic E-state index is 11.7. The molecular weight excluding hydrogens is 377 g/mol. The van der Waals surface area contributed by atoms with Crippen molar-refractivity contribution in [1.82, 2.24) is 0 Å². The van der Waals surface area contributed by atoms with Crippen LogP contribution in [0.25, 0.3) is 16.5 Å². The van der Waals surface area contributed by atoms with Crippen molar-refractivity contribution < 1.29 is 14.3 Å². The minimum Gasteiger partial charge on any atom is -0.489 e. The van der Waals surface area contributed by atoms with E-state index in [9.17, 15) is 4.79 Å². The molecule has 2 aromatic rings. The van der Waals surface area contributed by atoms with Gasteiger partial charge in [0.1, 0.15) is 18.1 Å². The second-order valence-corrected chi connectivity index (χ2v) is 5.81. The molecule has 0 N–H and O–H groups in total. The molecule has 0 fully saturated rings. The van der Waals surface area contributed by atoms with E-state index in [1.807, 2.05) is 0 Å². The van der Waals surface area contributed by atoms with Gasteiger partial charge in [-0.2, -0.15) is 0 Å². The fraction of sp³-hybridized carbons (Fsp3) is 0.167. The Morgan fingerprint density at radius 3 is 2.42 bits per heavy atom. The maximum Gasteiger partial charge on any atom is 0.340 e. The Kier molecular flexibility index (Phi) is 7.36. The summed E-state index contributed by atoms with van der Waals surface area (Å²) in [5.74, 6) is -0.0846. The van der Waals surface area contributed by atoms with Crippen molar-refractivity contribution >= 4 is 35.2 Å². The second kappa shape index (κ2) is 9.73. The van der Waals surface area contributed by atoms with Crippen molar-refractivity contribution in [2.24, 2.45) is 5.11 Å². The van der Waals surface area contributed by atoms with Crippen LogP contribution in [0.2, 0.25) is 10.0 Å². The number of hydrogen-bond acceptors (Lipinski definition) is 4. The number of esters is 1. The van der Waals surface area contributed by atoms with E-state index in [0.717, 1.165) is 0 Å². The molecule has 0 heterocycles. The SMILES string of the molecule is CCOC(=O)/C(=C/c1ccc(OCc2c(Cl)cccc2Cl)cc1)N=[N+]=[N-]. The molecule has 8 heteroatoms.